The van der Waals surface area contributed by atoms with E-state index in [1.54, 1.807) is 6.33 Å². The lowest BCUT2D eigenvalue weighted by Gasteiger charge is -2.24. The van der Waals surface area contributed by atoms with Crippen LogP contribution in [0.15, 0.2) is 6.33 Å². The van der Waals surface area contributed by atoms with Crippen molar-refractivity contribution in [2.75, 3.05) is 6.54 Å². The summed E-state index contributed by atoms with van der Waals surface area (Å²) in [5.74, 6) is 1.03. The van der Waals surface area contributed by atoms with E-state index in [-0.39, 0.29) is 6.10 Å². The van der Waals surface area contributed by atoms with Crippen molar-refractivity contribution in [1.29, 1.82) is 0 Å². The molecule has 0 saturated carbocycles. The zero-order valence-electron chi connectivity index (χ0n) is 10.7. The Morgan fingerprint density at radius 2 is 2.41 bits per heavy atom. The highest BCUT2D eigenvalue weighted by Crippen LogP contribution is 2.22. The Labute approximate surface area is 102 Å². The maximum absolute atomic E-state index is 9.50. The third kappa shape index (κ3) is 3.04. The van der Waals surface area contributed by atoms with E-state index in [1.807, 2.05) is 11.6 Å². The number of aryl methyl sites for hydroxylation is 1. The van der Waals surface area contributed by atoms with E-state index < -0.39 is 0 Å². The third-order valence-corrected chi connectivity index (χ3v) is 3.45. The molecular weight excluding hydrogens is 216 g/mol. The molecule has 0 radical (unpaired) electrons. The lowest BCUT2D eigenvalue weighted by atomic mass is 10.1. The molecular formula is C12H22N4O. The molecule has 0 spiro atoms. The van der Waals surface area contributed by atoms with Crippen molar-refractivity contribution in [1.82, 2.24) is 19.7 Å². The zero-order valence-corrected chi connectivity index (χ0v) is 10.7. The van der Waals surface area contributed by atoms with Crippen LogP contribution in [0, 0.1) is 0 Å². The summed E-state index contributed by atoms with van der Waals surface area (Å²) in [6.07, 6.45) is 4.67. The molecule has 5 heteroatoms. The van der Waals surface area contributed by atoms with Crippen molar-refractivity contribution in [2.24, 2.45) is 0 Å². The molecule has 5 nitrogen and oxygen atoms in total. The average molecular weight is 238 g/mol. The highest BCUT2D eigenvalue weighted by molar-refractivity contribution is 4.89. The van der Waals surface area contributed by atoms with Crippen LogP contribution in [0.3, 0.4) is 0 Å². The van der Waals surface area contributed by atoms with E-state index in [9.17, 15) is 5.11 Å². The van der Waals surface area contributed by atoms with Gasteiger partial charge in [0.15, 0.2) is 0 Å². The Bertz CT molecular complexity index is 350. The van der Waals surface area contributed by atoms with E-state index in [2.05, 4.69) is 21.9 Å². The predicted octanol–water partition coefficient (Wildman–Crippen LogP) is 1.03. The van der Waals surface area contributed by atoms with Gasteiger partial charge in [0.2, 0.25) is 0 Å². The molecule has 2 rings (SSSR count). The first-order valence-corrected chi connectivity index (χ1v) is 6.49. The van der Waals surface area contributed by atoms with Crippen molar-refractivity contribution in [2.45, 2.75) is 58.3 Å². The minimum Gasteiger partial charge on any atom is -0.393 e. The van der Waals surface area contributed by atoms with Gasteiger partial charge in [-0.2, -0.15) is 5.10 Å². The Morgan fingerprint density at radius 3 is 3.12 bits per heavy atom. The molecule has 1 aliphatic heterocycles. The molecule has 2 atom stereocenters. The number of aliphatic hydroxyl groups is 1. The van der Waals surface area contributed by atoms with Gasteiger partial charge in [-0.15, -0.1) is 0 Å². The van der Waals surface area contributed by atoms with Crippen LogP contribution in [0.1, 0.15) is 38.9 Å². The first-order valence-electron chi connectivity index (χ1n) is 6.49. The number of likely N-dealkylation sites (tertiary alicyclic amines) is 1. The molecule has 1 saturated heterocycles. The SMILES string of the molecule is CCn1ncnc1CN1CCCC1CC(C)O. The van der Waals surface area contributed by atoms with Gasteiger partial charge in [0.25, 0.3) is 0 Å². The molecule has 96 valence electrons. The Kier molecular flexibility index (Phi) is 4.12. The van der Waals surface area contributed by atoms with Crippen molar-refractivity contribution in [3.8, 4) is 0 Å². The standard InChI is InChI=1S/C12H22N4O/c1-3-16-12(13-9-14-16)8-15-6-4-5-11(15)7-10(2)17/h9-11,17H,3-8H2,1-2H3. The highest BCUT2D eigenvalue weighted by Gasteiger charge is 2.26. The van der Waals surface area contributed by atoms with Gasteiger partial charge in [0, 0.05) is 12.6 Å². The largest absolute Gasteiger partial charge is 0.393 e. The Hall–Kier alpha value is -0.940. The molecule has 1 aromatic heterocycles. The number of aliphatic hydroxyl groups excluding tert-OH is 1. The normalized spacial score (nSPS) is 23.1. The van der Waals surface area contributed by atoms with Crippen LogP contribution in [0.4, 0.5) is 0 Å². The van der Waals surface area contributed by atoms with Crippen LogP contribution in [0.5, 0.6) is 0 Å². The van der Waals surface area contributed by atoms with Gasteiger partial charge in [-0.05, 0) is 39.7 Å². The van der Waals surface area contributed by atoms with Crippen molar-refractivity contribution < 1.29 is 5.11 Å². The minimum atomic E-state index is -0.218. The third-order valence-electron chi connectivity index (χ3n) is 3.45. The van der Waals surface area contributed by atoms with Crippen molar-refractivity contribution in [3.05, 3.63) is 12.2 Å². The van der Waals surface area contributed by atoms with Crippen LogP contribution in [-0.2, 0) is 13.1 Å². The fourth-order valence-corrected chi connectivity index (χ4v) is 2.62. The molecule has 0 amide bonds. The van der Waals surface area contributed by atoms with E-state index in [0.29, 0.717) is 6.04 Å². The molecule has 0 bridgehead atoms. The number of aromatic nitrogens is 3. The number of rotatable bonds is 5. The lowest BCUT2D eigenvalue weighted by molar-refractivity contribution is 0.128. The predicted molar refractivity (Wildman–Crippen MR) is 65.4 cm³/mol. The van der Waals surface area contributed by atoms with Crippen LogP contribution in [0.25, 0.3) is 0 Å². The molecule has 2 heterocycles. The van der Waals surface area contributed by atoms with E-state index in [4.69, 9.17) is 0 Å². The van der Waals surface area contributed by atoms with E-state index in [1.165, 1.54) is 12.8 Å². The van der Waals surface area contributed by atoms with Gasteiger partial charge in [-0.25, -0.2) is 9.67 Å². The van der Waals surface area contributed by atoms with Gasteiger partial charge in [0.1, 0.15) is 12.2 Å². The molecule has 1 N–H and O–H groups in total. The second-order valence-electron chi connectivity index (χ2n) is 4.84. The highest BCUT2D eigenvalue weighted by atomic mass is 16.3. The van der Waals surface area contributed by atoms with Gasteiger partial charge in [0.05, 0.1) is 12.6 Å². The topological polar surface area (TPSA) is 54.2 Å². The quantitative estimate of drug-likeness (QED) is 0.832. The summed E-state index contributed by atoms with van der Waals surface area (Å²) in [5.41, 5.74) is 0. The zero-order chi connectivity index (χ0) is 12.3. The molecule has 0 aliphatic carbocycles. The molecule has 1 aliphatic rings. The smallest absolute Gasteiger partial charge is 0.141 e. The first kappa shape index (κ1) is 12.5. The van der Waals surface area contributed by atoms with E-state index in [0.717, 1.165) is 31.9 Å². The average Bonchev–Trinajstić information content (AvgIpc) is 2.88. The molecule has 0 aromatic carbocycles. The summed E-state index contributed by atoms with van der Waals surface area (Å²) >= 11 is 0. The van der Waals surface area contributed by atoms with Crippen molar-refractivity contribution >= 4 is 0 Å². The summed E-state index contributed by atoms with van der Waals surface area (Å²) in [5, 5.41) is 13.7. The van der Waals surface area contributed by atoms with Crippen molar-refractivity contribution in [3.63, 3.8) is 0 Å². The number of nitrogens with zero attached hydrogens (tertiary/aromatic N) is 4. The van der Waals surface area contributed by atoms with Gasteiger partial charge < -0.3 is 5.11 Å². The minimum absolute atomic E-state index is 0.218. The fraction of sp³-hybridized carbons (Fsp3) is 0.833. The number of hydrogen-bond donors (Lipinski definition) is 1. The summed E-state index contributed by atoms with van der Waals surface area (Å²) in [6.45, 7) is 6.77. The summed E-state index contributed by atoms with van der Waals surface area (Å²) in [4.78, 5) is 6.73. The van der Waals surface area contributed by atoms with E-state index >= 15 is 0 Å². The Balaban J connectivity index is 1.97. The van der Waals surface area contributed by atoms with Crippen LogP contribution < -0.4 is 0 Å². The molecule has 1 fully saturated rings. The van der Waals surface area contributed by atoms with Crippen LogP contribution in [0.2, 0.25) is 0 Å². The fourth-order valence-electron chi connectivity index (χ4n) is 2.62. The molecule has 2 unspecified atom stereocenters. The first-order chi connectivity index (χ1) is 8.20. The maximum Gasteiger partial charge on any atom is 0.141 e. The summed E-state index contributed by atoms with van der Waals surface area (Å²) in [7, 11) is 0. The van der Waals surface area contributed by atoms with Gasteiger partial charge >= 0.3 is 0 Å². The van der Waals surface area contributed by atoms with Crippen LogP contribution in [-0.4, -0.2) is 43.5 Å². The second-order valence-corrected chi connectivity index (χ2v) is 4.84. The number of hydrogen-bond acceptors (Lipinski definition) is 4. The maximum atomic E-state index is 9.50. The Morgan fingerprint density at radius 1 is 1.59 bits per heavy atom. The van der Waals surface area contributed by atoms with Crippen LogP contribution >= 0.6 is 0 Å². The summed E-state index contributed by atoms with van der Waals surface area (Å²) in [6, 6.07) is 0.497. The monoisotopic (exact) mass is 238 g/mol. The lowest BCUT2D eigenvalue weighted by Crippen LogP contribution is -2.32. The molecule has 1 aromatic rings. The van der Waals surface area contributed by atoms with Gasteiger partial charge in [-0.1, -0.05) is 0 Å². The molecule has 17 heavy (non-hydrogen) atoms. The second kappa shape index (κ2) is 5.60. The summed E-state index contributed by atoms with van der Waals surface area (Å²) < 4.78 is 1.94. The van der Waals surface area contributed by atoms with Gasteiger partial charge in [-0.3, -0.25) is 4.90 Å².